The molecule has 1 heterocycles. The fourth-order valence-corrected chi connectivity index (χ4v) is 4.39. The lowest BCUT2D eigenvalue weighted by molar-refractivity contribution is -0.134. The molecule has 2 aromatic carbocycles. The number of nitrogens with zero attached hydrogens (tertiary/aromatic N) is 1. The van der Waals surface area contributed by atoms with Crippen LogP contribution in [0.5, 0.6) is 5.75 Å². The summed E-state index contributed by atoms with van der Waals surface area (Å²) in [4.78, 5) is 39.2. The van der Waals surface area contributed by atoms with E-state index < -0.39 is 17.5 Å². The van der Waals surface area contributed by atoms with Crippen molar-refractivity contribution in [2.45, 2.75) is 37.1 Å². The molecule has 2 N–H and O–H groups in total. The highest BCUT2D eigenvalue weighted by atomic mass is 16.5. The third-order valence-corrected chi connectivity index (χ3v) is 6.56. The number of methoxy groups -OCH3 is 1. The zero-order chi connectivity index (χ0) is 22.1. The van der Waals surface area contributed by atoms with E-state index in [4.69, 9.17) is 4.74 Å². The van der Waals surface area contributed by atoms with Crippen molar-refractivity contribution in [1.29, 1.82) is 0 Å². The van der Waals surface area contributed by atoms with Crippen molar-refractivity contribution >= 4 is 17.8 Å². The number of urea groups is 1. The van der Waals surface area contributed by atoms with Crippen LogP contribution in [0.1, 0.15) is 37.3 Å². The summed E-state index contributed by atoms with van der Waals surface area (Å²) >= 11 is 0. The Morgan fingerprint density at radius 3 is 2.32 bits per heavy atom. The van der Waals surface area contributed by atoms with Gasteiger partial charge in [0.1, 0.15) is 17.8 Å². The average Bonchev–Trinajstić information content (AvgIpc) is 2.97. The highest BCUT2D eigenvalue weighted by molar-refractivity contribution is 6.09. The van der Waals surface area contributed by atoms with Crippen LogP contribution in [0.2, 0.25) is 0 Å². The highest BCUT2D eigenvalue weighted by Gasteiger charge is 2.49. The van der Waals surface area contributed by atoms with E-state index in [0.29, 0.717) is 17.9 Å². The van der Waals surface area contributed by atoms with Gasteiger partial charge < -0.3 is 15.4 Å². The van der Waals surface area contributed by atoms with Gasteiger partial charge in [0.05, 0.1) is 7.11 Å². The summed E-state index contributed by atoms with van der Waals surface area (Å²) in [7, 11) is 1.56. The number of carbonyl (C=O) groups is 3. The van der Waals surface area contributed by atoms with Crippen molar-refractivity contribution in [2.75, 3.05) is 20.2 Å². The summed E-state index contributed by atoms with van der Waals surface area (Å²) in [5, 5.41) is 5.67. The zero-order valence-electron chi connectivity index (χ0n) is 17.8. The second-order valence-electron chi connectivity index (χ2n) is 8.45. The fraction of sp³-hybridized carbons (Fsp3) is 0.375. The summed E-state index contributed by atoms with van der Waals surface area (Å²) < 4.78 is 5.15. The molecular weight excluding hydrogens is 394 g/mol. The maximum Gasteiger partial charge on any atom is 0.325 e. The number of amides is 4. The first-order valence-electron chi connectivity index (χ1n) is 10.5. The maximum absolute atomic E-state index is 13.0. The third-order valence-electron chi connectivity index (χ3n) is 6.56. The van der Waals surface area contributed by atoms with E-state index in [9.17, 15) is 14.4 Å². The molecule has 2 aromatic rings. The molecule has 1 atom stereocenters. The van der Waals surface area contributed by atoms with Gasteiger partial charge in [-0.3, -0.25) is 14.5 Å². The minimum Gasteiger partial charge on any atom is -0.497 e. The first-order valence-corrected chi connectivity index (χ1v) is 10.5. The van der Waals surface area contributed by atoms with Crippen molar-refractivity contribution in [3.8, 4) is 5.75 Å². The van der Waals surface area contributed by atoms with Gasteiger partial charge in [0.15, 0.2) is 0 Å². The van der Waals surface area contributed by atoms with Crippen LogP contribution in [-0.2, 0) is 20.5 Å². The first kappa shape index (κ1) is 20.9. The number of carbonyl (C=O) groups excluding carboxylic acids is 3. The molecule has 4 rings (SSSR count). The predicted molar refractivity (Wildman–Crippen MR) is 116 cm³/mol. The van der Waals surface area contributed by atoms with E-state index >= 15 is 0 Å². The van der Waals surface area contributed by atoms with Gasteiger partial charge in [-0.15, -0.1) is 0 Å². The molecule has 2 aliphatic rings. The molecule has 1 saturated heterocycles. The van der Waals surface area contributed by atoms with E-state index in [1.807, 2.05) is 18.2 Å². The number of benzene rings is 2. The van der Waals surface area contributed by atoms with Crippen LogP contribution >= 0.6 is 0 Å². The second kappa shape index (κ2) is 8.06. The number of rotatable bonds is 7. The quantitative estimate of drug-likeness (QED) is 0.673. The fourth-order valence-electron chi connectivity index (χ4n) is 4.39. The molecule has 4 amide bonds. The molecule has 1 aliphatic carbocycles. The van der Waals surface area contributed by atoms with Crippen LogP contribution in [0, 0.1) is 0 Å². The van der Waals surface area contributed by atoms with Crippen molar-refractivity contribution in [3.05, 3.63) is 65.7 Å². The third kappa shape index (κ3) is 3.76. The molecular formula is C24H27N3O4. The summed E-state index contributed by atoms with van der Waals surface area (Å²) in [5.74, 6) is -0.132. The first-order chi connectivity index (χ1) is 14.9. The summed E-state index contributed by atoms with van der Waals surface area (Å²) in [6, 6.07) is 16.5. The summed E-state index contributed by atoms with van der Waals surface area (Å²) in [6.45, 7) is 1.84. The van der Waals surface area contributed by atoms with Crippen LogP contribution in [0.15, 0.2) is 54.6 Å². The lowest BCUT2D eigenvalue weighted by Gasteiger charge is -2.42. The monoisotopic (exact) mass is 421 g/mol. The molecule has 0 bridgehead atoms. The molecule has 31 heavy (non-hydrogen) atoms. The molecule has 7 heteroatoms. The minimum absolute atomic E-state index is 0.0637. The Balaban J connectivity index is 1.41. The van der Waals surface area contributed by atoms with Gasteiger partial charge in [0.2, 0.25) is 5.91 Å². The van der Waals surface area contributed by atoms with Gasteiger partial charge in [-0.25, -0.2) is 4.79 Å². The molecule has 1 saturated carbocycles. The number of hydrogen-bond donors (Lipinski definition) is 2. The van der Waals surface area contributed by atoms with E-state index in [2.05, 4.69) is 22.8 Å². The molecule has 7 nitrogen and oxygen atoms in total. The lowest BCUT2D eigenvalue weighted by Crippen LogP contribution is -2.49. The van der Waals surface area contributed by atoms with E-state index in [0.717, 1.165) is 24.2 Å². The van der Waals surface area contributed by atoms with E-state index in [1.165, 1.54) is 5.56 Å². The van der Waals surface area contributed by atoms with Gasteiger partial charge in [-0.2, -0.15) is 0 Å². The van der Waals surface area contributed by atoms with E-state index in [1.54, 1.807) is 38.3 Å². The minimum atomic E-state index is -1.22. The number of ether oxygens (including phenoxy) is 1. The topological polar surface area (TPSA) is 87.7 Å². The standard InChI is InChI=1S/C24H27N3O4/c1-23(17-9-11-19(31-2)12-10-17)21(29)27(22(30)26-23)15-20(28)25-16-24(13-6-14-24)18-7-4-3-5-8-18/h3-5,7-12H,6,13-16H2,1-2H3,(H,25,28)(H,26,30). The van der Waals surface area contributed by atoms with Crippen molar-refractivity contribution in [2.24, 2.45) is 0 Å². The van der Waals surface area contributed by atoms with Crippen molar-refractivity contribution in [3.63, 3.8) is 0 Å². The van der Waals surface area contributed by atoms with Crippen LogP contribution in [0.4, 0.5) is 4.79 Å². The molecule has 0 aromatic heterocycles. The SMILES string of the molecule is COc1ccc(C2(C)NC(=O)N(CC(=O)NCC3(c4ccccc4)CCC3)C2=O)cc1. The van der Waals surface area contributed by atoms with Crippen LogP contribution < -0.4 is 15.4 Å². The number of nitrogens with one attached hydrogen (secondary N) is 2. The van der Waals surface area contributed by atoms with Crippen LogP contribution in [0.25, 0.3) is 0 Å². The number of imide groups is 1. The molecule has 2 fully saturated rings. The van der Waals surface area contributed by atoms with Gasteiger partial charge in [-0.1, -0.05) is 48.9 Å². The number of hydrogen-bond acceptors (Lipinski definition) is 4. The van der Waals surface area contributed by atoms with Gasteiger partial charge in [-0.05, 0) is 43.0 Å². The molecule has 162 valence electrons. The van der Waals surface area contributed by atoms with Crippen LogP contribution in [-0.4, -0.2) is 42.9 Å². The summed E-state index contributed by atoms with van der Waals surface area (Å²) in [6.07, 6.45) is 3.14. The maximum atomic E-state index is 13.0. The molecule has 1 unspecified atom stereocenters. The Hall–Kier alpha value is -3.35. The second-order valence-corrected chi connectivity index (χ2v) is 8.45. The Labute approximate surface area is 181 Å². The van der Waals surface area contributed by atoms with Crippen molar-refractivity contribution < 1.29 is 19.1 Å². The van der Waals surface area contributed by atoms with Gasteiger partial charge in [0.25, 0.3) is 5.91 Å². The lowest BCUT2D eigenvalue weighted by atomic mass is 9.64. The largest absolute Gasteiger partial charge is 0.497 e. The smallest absolute Gasteiger partial charge is 0.325 e. The summed E-state index contributed by atoms with van der Waals surface area (Å²) in [5.41, 5.74) is 0.560. The normalized spacial score (nSPS) is 21.9. The Morgan fingerprint density at radius 1 is 1.06 bits per heavy atom. The Morgan fingerprint density at radius 2 is 1.74 bits per heavy atom. The predicted octanol–water partition coefficient (Wildman–Crippen LogP) is 2.70. The Bertz CT molecular complexity index is 986. The van der Waals surface area contributed by atoms with Gasteiger partial charge in [0, 0.05) is 12.0 Å². The van der Waals surface area contributed by atoms with E-state index in [-0.39, 0.29) is 17.9 Å². The zero-order valence-corrected chi connectivity index (χ0v) is 17.8. The average molecular weight is 421 g/mol. The molecule has 0 spiro atoms. The highest BCUT2D eigenvalue weighted by Crippen LogP contribution is 2.43. The Kier molecular flexibility index (Phi) is 5.43. The van der Waals surface area contributed by atoms with Gasteiger partial charge >= 0.3 is 6.03 Å². The molecule has 0 radical (unpaired) electrons. The van der Waals surface area contributed by atoms with Crippen molar-refractivity contribution in [1.82, 2.24) is 15.5 Å². The van der Waals surface area contributed by atoms with Crippen LogP contribution in [0.3, 0.4) is 0 Å². The molecule has 1 aliphatic heterocycles.